The Morgan fingerprint density at radius 3 is 2.30 bits per heavy atom. The van der Waals surface area contributed by atoms with Crippen molar-refractivity contribution in [3.8, 4) is 11.5 Å². The summed E-state index contributed by atoms with van der Waals surface area (Å²) in [7, 11) is 1.63. The molecule has 1 aliphatic rings. The van der Waals surface area contributed by atoms with E-state index in [1.54, 1.807) is 31.4 Å². The van der Waals surface area contributed by atoms with Crippen LogP contribution in [0.5, 0.6) is 11.5 Å². The Balaban J connectivity index is 1.89. The predicted molar refractivity (Wildman–Crippen MR) is 102 cm³/mol. The molecule has 4 heteroatoms. The molecule has 2 unspecified atom stereocenters. The van der Waals surface area contributed by atoms with Crippen LogP contribution in [0.4, 0.5) is 0 Å². The highest BCUT2D eigenvalue weighted by Crippen LogP contribution is 2.52. The van der Waals surface area contributed by atoms with Crippen LogP contribution in [0.2, 0.25) is 0 Å². The molecule has 0 saturated carbocycles. The van der Waals surface area contributed by atoms with Crippen molar-refractivity contribution in [2.24, 2.45) is 0 Å². The Hall–Kier alpha value is -3.27. The molecule has 1 aliphatic carbocycles. The summed E-state index contributed by atoms with van der Waals surface area (Å²) >= 11 is 0. The largest absolute Gasteiger partial charge is 0.508 e. The van der Waals surface area contributed by atoms with Gasteiger partial charge < -0.3 is 14.9 Å². The number of aliphatic carboxylic acids is 1. The zero-order chi connectivity index (χ0) is 19.0. The second kappa shape index (κ2) is 6.47. The monoisotopic (exact) mass is 360 g/mol. The summed E-state index contributed by atoms with van der Waals surface area (Å²) in [6, 6.07) is 22.0. The topological polar surface area (TPSA) is 66.8 Å². The van der Waals surface area contributed by atoms with Gasteiger partial charge in [0.25, 0.3) is 0 Å². The minimum atomic E-state index is -1.14. The molecular formula is C23H20O4. The van der Waals surface area contributed by atoms with Crippen molar-refractivity contribution in [1.82, 2.24) is 0 Å². The van der Waals surface area contributed by atoms with Crippen molar-refractivity contribution < 1.29 is 19.7 Å². The summed E-state index contributed by atoms with van der Waals surface area (Å²) in [5.41, 5.74) is 2.43. The molecule has 0 aromatic heterocycles. The average molecular weight is 360 g/mol. The fourth-order valence-electron chi connectivity index (χ4n) is 4.19. The predicted octanol–water partition coefficient (Wildman–Crippen LogP) is 4.31. The normalized spacial score (nSPS) is 20.9. The first-order valence-electron chi connectivity index (χ1n) is 8.82. The zero-order valence-corrected chi connectivity index (χ0v) is 14.9. The van der Waals surface area contributed by atoms with E-state index in [1.807, 2.05) is 48.5 Å². The minimum Gasteiger partial charge on any atom is -0.508 e. The van der Waals surface area contributed by atoms with E-state index in [1.165, 1.54) is 0 Å². The number of rotatable bonds is 4. The number of ether oxygens (including phenoxy) is 1. The summed E-state index contributed by atoms with van der Waals surface area (Å²) in [5, 5.41) is 19.9. The number of methoxy groups -OCH3 is 1. The Bertz CT molecular complexity index is 976. The average Bonchev–Trinajstić information content (AvgIpc) is 3.05. The Morgan fingerprint density at radius 1 is 1.00 bits per heavy atom. The summed E-state index contributed by atoms with van der Waals surface area (Å²) in [6.07, 6.45) is 0.429. The number of carboxylic acid groups (broad SMARTS) is 1. The van der Waals surface area contributed by atoms with Gasteiger partial charge in [-0.1, -0.05) is 48.5 Å². The SMILES string of the molecule is COc1ccc(C2CC(C(=O)O)(c3ccc(O)cc3)c3ccccc32)cc1. The van der Waals surface area contributed by atoms with Gasteiger partial charge in [-0.2, -0.15) is 0 Å². The maximum absolute atomic E-state index is 12.6. The second-order valence-corrected chi connectivity index (χ2v) is 6.87. The van der Waals surface area contributed by atoms with E-state index in [0.29, 0.717) is 12.0 Å². The van der Waals surface area contributed by atoms with Gasteiger partial charge in [-0.25, -0.2) is 0 Å². The zero-order valence-electron chi connectivity index (χ0n) is 14.9. The molecule has 3 aromatic carbocycles. The summed E-state index contributed by atoms with van der Waals surface area (Å²) < 4.78 is 5.24. The van der Waals surface area contributed by atoms with E-state index < -0.39 is 11.4 Å². The standard InChI is InChI=1S/C23H20O4/c1-27-18-12-6-15(7-13-18)20-14-23(22(25)26,16-8-10-17(24)11-9-16)21-5-3-2-4-19(20)21/h2-13,20,24H,14H2,1H3,(H,25,26). The van der Waals surface area contributed by atoms with Gasteiger partial charge >= 0.3 is 5.97 Å². The lowest BCUT2D eigenvalue weighted by Gasteiger charge is -2.27. The molecule has 0 heterocycles. The van der Waals surface area contributed by atoms with E-state index in [0.717, 1.165) is 22.4 Å². The molecule has 3 aromatic rings. The molecule has 2 atom stereocenters. The van der Waals surface area contributed by atoms with Gasteiger partial charge in [0.15, 0.2) is 0 Å². The molecule has 0 aliphatic heterocycles. The molecule has 27 heavy (non-hydrogen) atoms. The number of carboxylic acids is 1. The lowest BCUT2D eigenvalue weighted by molar-refractivity contribution is -0.142. The van der Waals surface area contributed by atoms with Gasteiger partial charge in [-0.15, -0.1) is 0 Å². The van der Waals surface area contributed by atoms with Crippen LogP contribution in [0.1, 0.15) is 34.6 Å². The molecule has 0 bridgehead atoms. The molecule has 4 nitrogen and oxygen atoms in total. The number of phenolic OH excluding ortho intramolecular Hbond substituents is 1. The van der Waals surface area contributed by atoms with Crippen molar-refractivity contribution in [2.45, 2.75) is 17.8 Å². The number of aromatic hydroxyl groups is 1. The van der Waals surface area contributed by atoms with E-state index >= 15 is 0 Å². The molecular weight excluding hydrogens is 340 g/mol. The highest BCUT2D eigenvalue weighted by Gasteiger charge is 2.51. The van der Waals surface area contributed by atoms with Crippen LogP contribution in [0.3, 0.4) is 0 Å². The number of hydrogen-bond acceptors (Lipinski definition) is 3. The maximum atomic E-state index is 12.6. The summed E-state index contributed by atoms with van der Waals surface area (Å²) in [5.74, 6) is -0.0148. The van der Waals surface area contributed by atoms with E-state index in [2.05, 4.69) is 0 Å². The van der Waals surface area contributed by atoms with Gasteiger partial charge in [-0.05, 0) is 52.9 Å². The van der Waals surface area contributed by atoms with Crippen LogP contribution in [0.25, 0.3) is 0 Å². The molecule has 0 spiro atoms. The molecule has 136 valence electrons. The second-order valence-electron chi connectivity index (χ2n) is 6.87. The molecule has 0 radical (unpaired) electrons. The lowest BCUT2D eigenvalue weighted by atomic mass is 9.74. The summed E-state index contributed by atoms with van der Waals surface area (Å²) in [6.45, 7) is 0. The number of benzene rings is 3. The molecule has 4 rings (SSSR count). The first kappa shape index (κ1) is 17.2. The van der Waals surface area contributed by atoms with E-state index in [-0.39, 0.29) is 11.7 Å². The third kappa shape index (κ3) is 2.65. The van der Waals surface area contributed by atoms with Crippen LogP contribution in [-0.2, 0) is 10.2 Å². The smallest absolute Gasteiger partial charge is 0.318 e. The minimum absolute atomic E-state index is 0.0305. The fraction of sp³-hybridized carbons (Fsp3) is 0.174. The van der Waals surface area contributed by atoms with Crippen LogP contribution < -0.4 is 4.74 Å². The van der Waals surface area contributed by atoms with Crippen LogP contribution in [-0.4, -0.2) is 23.3 Å². The van der Waals surface area contributed by atoms with Gasteiger partial charge in [0.1, 0.15) is 16.9 Å². The van der Waals surface area contributed by atoms with Crippen molar-refractivity contribution in [1.29, 1.82) is 0 Å². The van der Waals surface area contributed by atoms with Crippen molar-refractivity contribution in [3.05, 3.63) is 95.1 Å². The number of carbonyl (C=O) groups is 1. The maximum Gasteiger partial charge on any atom is 0.318 e. The molecule has 0 amide bonds. The van der Waals surface area contributed by atoms with Gasteiger partial charge in [0.05, 0.1) is 7.11 Å². The van der Waals surface area contributed by atoms with Gasteiger partial charge in [-0.3, -0.25) is 4.79 Å². The molecule has 0 fully saturated rings. The van der Waals surface area contributed by atoms with Gasteiger partial charge in [0, 0.05) is 5.92 Å². The third-order valence-corrected chi connectivity index (χ3v) is 5.55. The molecule has 0 saturated heterocycles. The third-order valence-electron chi connectivity index (χ3n) is 5.55. The highest BCUT2D eigenvalue weighted by molar-refractivity contribution is 5.88. The van der Waals surface area contributed by atoms with E-state index in [4.69, 9.17) is 4.74 Å². The van der Waals surface area contributed by atoms with E-state index in [9.17, 15) is 15.0 Å². The lowest BCUT2D eigenvalue weighted by Crippen LogP contribution is -2.35. The van der Waals surface area contributed by atoms with Crippen molar-refractivity contribution in [2.75, 3.05) is 7.11 Å². The molecule has 2 N–H and O–H groups in total. The number of hydrogen-bond donors (Lipinski definition) is 2. The van der Waals surface area contributed by atoms with Crippen molar-refractivity contribution >= 4 is 5.97 Å². The fourth-order valence-corrected chi connectivity index (χ4v) is 4.19. The summed E-state index contributed by atoms with van der Waals surface area (Å²) in [4.78, 5) is 12.6. The van der Waals surface area contributed by atoms with Crippen LogP contribution in [0.15, 0.2) is 72.8 Å². The Kier molecular flexibility index (Phi) is 4.11. The number of fused-ring (bicyclic) bond motifs is 1. The van der Waals surface area contributed by atoms with Crippen molar-refractivity contribution in [3.63, 3.8) is 0 Å². The Labute approximate surface area is 157 Å². The number of phenols is 1. The van der Waals surface area contributed by atoms with Gasteiger partial charge in [0.2, 0.25) is 0 Å². The Morgan fingerprint density at radius 2 is 1.67 bits per heavy atom. The highest BCUT2D eigenvalue weighted by atomic mass is 16.5. The quantitative estimate of drug-likeness (QED) is 0.728. The first-order chi connectivity index (χ1) is 13.1. The van der Waals surface area contributed by atoms with Crippen LogP contribution >= 0.6 is 0 Å². The first-order valence-corrected chi connectivity index (χ1v) is 8.82. The van der Waals surface area contributed by atoms with Crippen LogP contribution in [0, 0.1) is 0 Å².